The lowest BCUT2D eigenvalue weighted by Gasteiger charge is -2.43. The van der Waals surface area contributed by atoms with Gasteiger partial charge in [0.05, 0.1) is 16.6 Å². The normalized spacial score (nSPS) is 24.9. The standard InChI is InChI=1S/C15H17ClF2N6O/c16-10-5-9(7-19)8-20-14(10)23-1-3-24(4-2-23)15-21-11(13(17)18)6-12(25)22-15/h5,8,11,13,15,21H,1-4,6H2,(H,22,25). The molecule has 2 aliphatic heterocycles. The summed E-state index contributed by atoms with van der Waals surface area (Å²) in [4.78, 5) is 19.7. The molecule has 7 nitrogen and oxygen atoms in total. The Bertz CT molecular complexity index is 689. The summed E-state index contributed by atoms with van der Waals surface area (Å²) >= 11 is 6.18. The van der Waals surface area contributed by atoms with Crippen molar-refractivity contribution in [1.29, 1.82) is 5.26 Å². The van der Waals surface area contributed by atoms with Crippen LogP contribution in [0.1, 0.15) is 12.0 Å². The van der Waals surface area contributed by atoms with Crippen LogP contribution in [-0.4, -0.2) is 60.7 Å². The van der Waals surface area contributed by atoms with Crippen molar-refractivity contribution in [2.45, 2.75) is 25.2 Å². The van der Waals surface area contributed by atoms with E-state index >= 15 is 0 Å². The summed E-state index contributed by atoms with van der Waals surface area (Å²) in [5.74, 6) is 0.208. The van der Waals surface area contributed by atoms with Gasteiger partial charge in [-0.15, -0.1) is 0 Å². The van der Waals surface area contributed by atoms with Gasteiger partial charge in [0.25, 0.3) is 6.43 Å². The van der Waals surface area contributed by atoms with E-state index in [4.69, 9.17) is 16.9 Å². The highest BCUT2D eigenvalue weighted by atomic mass is 35.5. The molecule has 2 atom stereocenters. The van der Waals surface area contributed by atoms with Crippen LogP contribution >= 0.6 is 11.6 Å². The molecule has 2 N–H and O–H groups in total. The molecule has 1 aromatic heterocycles. The first kappa shape index (κ1) is 17.8. The summed E-state index contributed by atoms with van der Waals surface area (Å²) in [6, 6.07) is 2.41. The molecule has 10 heteroatoms. The Labute approximate surface area is 148 Å². The van der Waals surface area contributed by atoms with Crippen LogP contribution in [-0.2, 0) is 4.79 Å². The number of pyridine rings is 1. The average Bonchev–Trinajstić information content (AvgIpc) is 2.61. The van der Waals surface area contributed by atoms with Crippen molar-refractivity contribution in [3.63, 3.8) is 0 Å². The van der Waals surface area contributed by atoms with E-state index in [2.05, 4.69) is 15.6 Å². The minimum atomic E-state index is -2.59. The van der Waals surface area contributed by atoms with Crippen molar-refractivity contribution in [2.75, 3.05) is 31.1 Å². The molecule has 2 fully saturated rings. The quantitative estimate of drug-likeness (QED) is 0.817. The lowest BCUT2D eigenvalue weighted by molar-refractivity contribution is -0.129. The van der Waals surface area contributed by atoms with Crippen LogP contribution in [0.4, 0.5) is 14.6 Å². The average molecular weight is 371 g/mol. The van der Waals surface area contributed by atoms with Gasteiger partial charge < -0.3 is 10.2 Å². The van der Waals surface area contributed by atoms with Gasteiger partial charge in [-0.25, -0.2) is 13.8 Å². The Hall–Kier alpha value is -2.02. The molecular formula is C15H17ClF2N6O. The topological polar surface area (TPSA) is 84.3 Å². The van der Waals surface area contributed by atoms with E-state index < -0.39 is 18.8 Å². The number of hydrogen-bond donors (Lipinski definition) is 2. The lowest BCUT2D eigenvalue weighted by atomic mass is 10.1. The number of carbonyl (C=O) groups excluding carboxylic acids is 1. The Kier molecular flexibility index (Phi) is 5.32. The zero-order chi connectivity index (χ0) is 18.0. The second kappa shape index (κ2) is 7.47. The molecule has 0 aliphatic carbocycles. The molecule has 0 saturated carbocycles. The second-order valence-corrected chi connectivity index (χ2v) is 6.35. The number of hydrogen-bond acceptors (Lipinski definition) is 6. The van der Waals surface area contributed by atoms with Gasteiger partial charge in [0.15, 0.2) is 0 Å². The number of rotatable bonds is 3. The number of amides is 1. The van der Waals surface area contributed by atoms with Crippen molar-refractivity contribution < 1.29 is 13.6 Å². The van der Waals surface area contributed by atoms with Crippen LogP contribution in [0.25, 0.3) is 0 Å². The molecule has 2 saturated heterocycles. The predicted molar refractivity (Wildman–Crippen MR) is 87.2 cm³/mol. The fourth-order valence-corrected chi connectivity index (χ4v) is 3.28. The van der Waals surface area contributed by atoms with Gasteiger partial charge in [-0.05, 0) is 6.07 Å². The molecule has 25 heavy (non-hydrogen) atoms. The third kappa shape index (κ3) is 3.98. The Balaban J connectivity index is 1.62. The number of halogens is 3. The van der Waals surface area contributed by atoms with Crippen LogP contribution in [0.15, 0.2) is 12.3 Å². The van der Waals surface area contributed by atoms with Gasteiger partial charge in [-0.1, -0.05) is 11.6 Å². The largest absolute Gasteiger partial charge is 0.353 e. The minimum Gasteiger partial charge on any atom is -0.353 e. The highest BCUT2D eigenvalue weighted by Crippen LogP contribution is 2.25. The van der Waals surface area contributed by atoms with E-state index in [0.717, 1.165) is 0 Å². The maximum absolute atomic E-state index is 12.9. The van der Waals surface area contributed by atoms with E-state index in [1.54, 1.807) is 6.07 Å². The third-order valence-corrected chi connectivity index (χ3v) is 4.59. The van der Waals surface area contributed by atoms with Gasteiger partial charge in [-0.2, -0.15) is 5.26 Å². The molecule has 2 unspecified atom stereocenters. The number of carbonyl (C=O) groups is 1. The van der Waals surface area contributed by atoms with Gasteiger partial charge in [0.1, 0.15) is 18.2 Å². The Morgan fingerprint density at radius 2 is 2.08 bits per heavy atom. The van der Waals surface area contributed by atoms with Gasteiger partial charge in [0, 0.05) is 38.8 Å². The number of nitrogens with one attached hydrogen (secondary N) is 2. The first-order chi connectivity index (χ1) is 12.0. The number of nitriles is 1. The van der Waals surface area contributed by atoms with Gasteiger partial charge >= 0.3 is 0 Å². The SMILES string of the molecule is N#Cc1cnc(N2CCN(C3NC(=O)CC(C(F)F)N3)CC2)c(Cl)c1. The van der Waals surface area contributed by atoms with Crippen LogP contribution in [0.5, 0.6) is 0 Å². The predicted octanol–water partition coefficient (Wildman–Crippen LogP) is 0.755. The van der Waals surface area contributed by atoms with Gasteiger partial charge in [-0.3, -0.25) is 15.0 Å². The van der Waals surface area contributed by atoms with Crippen molar-refractivity contribution in [2.24, 2.45) is 0 Å². The highest BCUT2D eigenvalue weighted by Gasteiger charge is 2.35. The maximum Gasteiger partial charge on any atom is 0.254 e. The molecule has 3 rings (SSSR count). The smallest absolute Gasteiger partial charge is 0.254 e. The van der Waals surface area contributed by atoms with Crippen molar-refractivity contribution in [3.05, 3.63) is 22.8 Å². The summed E-state index contributed by atoms with van der Waals surface area (Å²) in [6.45, 7) is 2.25. The second-order valence-electron chi connectivity index (χ2n) is 5.95. The molecular weight excluding hydrogens is 354 g/mol. The molecule has 0 spiro atoms. The Morgan fingerprint density at radius 3 is 2.68 bits per heavy atom. The Morgan fingerprint density at radius 1 is 1.36 bits per heavy atom. The highest BCUT2D eigenvalue weighted by molar-refractivity contribution is 6.33. The van der Waals surface area contributed by atoms with E-state index in [1.807, 2.05) is 15.9 Å². The van der Waals surface area contributed by atoms with Crippen molar-refractivity contribution >= 4 is 23.3 Å². The monoisotopic (exact) mass is 370 g/mol. The zero-order valence-corrected chi connectivity index (χ0v) is 14.0. The van der Waals surface area contributed by atoms with E-state index in [1.165, 1.54) is 6.20 Å². The summed E-state index contributed by atoms with van der Waals surface area (Å²) in [7, 11) is 0. The first-order valence-corrected chi connectivity index (χ1v) is 8.24. The molecule has 134 valence electrons. The molecule has 3 heterocycles. The zero-order valence-electron chi connectivity index (χ0n) is 13.3. The fraction of sp³-hybridized carbons (Fsp3) is 0.533. The first-order valence-electron chi connectivity index (χ1n) is 7.86. The summed E-state index contributed by atoms with van der Waals surface area (Å²) < 4.78 is 25.8. The molecule has 0 bridgehead atoms. The molecule has 1 amide bonds. The number of aromatic nitrogens is 1. The van der Waals surface area contributed by atoms with Gasteiger partial charge in [0.2, 0.25) is 5.91 Å². The van der Waals surface area contributed by atoms with Crippen LogP contribution in [0.3, 0.4) is 0 Å². The van der Waals surface area contributed by atoms with E-state index in [9.17, 15) is 13.6 Å². The maximum atomic E-state index is 12.9. The minimum absolute atomic E-state index is 0.223. The molecule has 0 radical (unpaired) electrons. The number of piperazine rings is 1. The molecule has 2 aliphatic rings. The number of anilines is 1. The van der Waals surface area contributed by atoms with E-state index in [-0.39, 0.29) is 12.3 Å². The fourth-order valence-electron chi connectivity index (χ4n) is 2.99. The lowest BCUT2D eigenvalue weighted by Crippen LogP contribution is -2.67. The van der Waals surface area contributed by atoms with E-state index in [0.29, 0.717) is 42.6 Å². The van der Waals surface area contributed by atoms with Crippen molar-refractivity contribution in [1.82, 2.24) is 20.5 Å². The van der Waals surface area contributed by atoms with Crippen molar-refractivity contribution in [3.8, 4) is 6.07 Å². The number of alkyl halides is 2. The van der Waals surface area contributed by atoms with Crippen LogP contribution in [0.2, 0.25) is 5.02 Å². The van der Waals surface area contributed by atoms with Crippen LogP contribution in [0, 0.1) is 11.3 Å². The number of nitrogens with zero attached hydrogens (tertiary/aromatic N) is 4. The summed E-state index contributed by atoms with van der Waals surface area (Å²) in [6.07, 6.45) is -1.95. The molecule has 0 aromatic carbocycles. The summed E-state index contributed by atoms with van der Waals surface area (Å²) in [5, 5.41) is 14.7. The summed E-state index contributed by atoms with van der Waals surface area (Å²) in [5.41, 5.74) is 0.388. The third-order valence-electron chi connectivity index (χ3n) is 4.31. The molecule has 1 aromatic rings. The van der Waals surface area contributed by atoms with Crippen LogP contribution < -0.4 is 15.5 Å².